The Morgan fingerprint density at radius 1 is 0.500 bits per heavy atom. The second kappa shape index (κ2) is 24.3. The van der Waals surface area contributed by atoms with E-state index in [1.165, 1.54) is 25.9 Å². The summed E-state index contributed by atoms with van der Waals surface area (Å²) in [5, 5.41) is 13.9. The Balaban J connectivity index is 4.35. The zero-order valence-corrected chi connectivity index (χ0v) is 23.6. The summed E-state index contributed by atoms with van der Waals surface area (Å²) in [5.41, 5.74) is 0. The summed E-state index contributed by atoms with van der Waals surface area (Å²) < 4.78 is 4.53. The van der Waals surface area contributed by atoms with Crippen molar-refractivity contribution in [2.45, 2.75) is 90.9 Å². The van der Waals surface area contributed by atoms with Gasteiger partial charge in [-0.25, -0.2) is 19.3 Å². The number of nitrogens with one attached hydrogen (secondary N) is 5. The summed E-state index contributed by atoms with van der Waals surface area (Å²) in [6.07, 6.45) is 9.83. The van der Waals surface area contributed by atoms with Gasteiger partial charge in [0.25, 0.3) is 0 Å². The fraction of sp³-hybridized carbons (Fsp3) is 0.808. The van der Waals surface area contributed by atoms with Gasteiger partial charge < -0.3 is 31.3 Å². The molecule has 0 radical (unpaired) electrons. The fourth-order valence-electron chi connectivity index (χ4n) is 3.62. The lowest BCUT2D eigenvalue weighted by Crippen LogP contribution is -2.49. The molecule has 0 rings (SSSR count). The third-order valence-electron chi connectivity index (χ3n) is 5.76. The standard InChI is InChI=1S/C26H50N6O6/c1-22(33)27-16-10-4-6-12-18-29-24(35)32(21-15-9-8-14-20-31-26(37)38-3)25(36)30-19-13-7-5-11-17-28-23(2)34/h4-21H2,1-3H3,(H,27,33)(H,28,34)(H,29,35)(H,30,36)(H,31,37). The largest absolute Gasteiger partial charge is 0.453 e. The summed E-state index contributed by atoms with van der Waals surface area (Å²) in [7, 11) is 1.32. The summed E-state index contributed by atoms with van der Waals surface area (Å²) in [6.45, 7) is 6.11. The number of hydrogen-bond acceptors (Lipinski definition) is 6. The molecule has 0 aliphatic heterocycles. The van der Waals surface area contributed by atoms with E-state index >= 15 is 0 Å². The number of hydrogen-bond donors (Lipinski definition) is 5. The van der Waals surface area contributed by atoms with Gasteiger partial charge >= 0.3 is 18.2 Å². The zero-order valence-electron chi connectivity index (χ0n) is 23.6. The van der Waals surface area contributed by atoms with Crippen molar-refractivity contribution in [3.8, 4) is 0 Å². The first-order valence-electron chi connectivity index (χ1n) is 13.9. The number of unbranched alkanes of at least 4 members (excludes halogenated alkanes) is 9. The van der Waals surface area contributed by atoms with Crippen molar-refractivity contribution in [1.29, 1.82) is 0 Å². The van der Waals surface area contributed by atoms with Gasteiger partial charge in [-0.1, -0.05) is 38.5 Å². The van der Waals surface area contributed by atoms with Crippen LogP contribution >= 0.6 is 0 Å². The molecule has 5 N–H and O–H groups in total. The van der Waals surface area contributed by atoms with Crippen LogP contribution in [0.1, 0.15) is 90.9 Å². The van der Waals surface area contributed by atoms with E-state index in [2.05, 4.69) is 31.3 Å². The number of carbonyl (C=O) groups is 5. The van der Waals surface area contributed by atoms with E-state index in [1.54, 1.807) is 0 Å². The number of rotatable bonds is 21. The first kappa shape index (κ1) is 35.0. The Bertz CT molecular complexity index is 649. The highest BCUT2D eigenvalue weighted by Gasteiger charge is 2.20. The van der Waals surface area contributed by atoms with Gasteiger partial charge in [0.2, 0.25) is 11.8 Å². The van der Waals surface area contributed by atoms with E-state index in [-0.39, 0.29) is 11.8 Å². The molecule has 0 fully saturated rings. The second-order valence-corrected chi connectivity index (χ2v) is 9.24. The minimum Gasteiger partial charge on any atom is -0.453 e. The van der Waals surface area contributed by atoms with Gasteiger partial charge in [-0.05, 0) is 38.5 Å². The van der Waals surface area contributed by atoms with Crippen LogP contribution in [0.5, 0.6) is 0 Å². The summed E-state index contributed by atoms with van der Waals surface area (Å²) >= 11 is 0. The molecule has 0 saturated heterocycles. The van der Waals surface area contributed by atoms with E-state index in [1.807, 2.05) is 0 Å². The molecule has 7 amide bonds. The number of ether oxygens (including phenoxy) is 1. The van der Waals surface area contributed by atoms with Gasteiger partial charge in [0, 0.05) is 53.1 Å². The van der Waals surface area contributed by atoms with Crippen LogP contribution in [-0.4, -0.2) is 81.2 Å². The number of carbonyl (C=O) groups excluding carboxylic acids is 5. The Morgan fingerprint density at radius 3 is 1.21 bits per heavy atom. The van der Waals surface area contributed by atoms with Crippen molar-refractivity contribution in [1.82, 2.24) is 31.5 Å². The average Bonchev–Trinajstić information content (AvgIpc) is 2.87. The van der Waals surface area contributed by atoms with Gasteiger partial charge in [-0.15, -0.1) is 0 Å². The molecule has 38 heavy (non-hydrogen) atoms. The summed E-state index contributed by atoms with van der Waals surface area (Å²) in [5.74, 6) is -0.0640. The Labute approximate surface area is 227 Å². The van der Waals surface area contributed by atoms with Crippen LogP contribution in [0.25, 0.3) is 0 Å². The first-order chi connectivity index (χ1) is 18.3. The predicted octanol–water partition coefficient (Wildman–Crippen LogP) is 3.02. The van der Waals surface area contributed by atoms with E-state index in [4.69, 9.17) is 0 Å². The van der Waals surface area contributed by atoms with E-state index in [0.717, 1.165) is 70.6 Å². The van der Waals surface area contributed by atoms with Crippen molar-refractivity contribution in [2.75, 3.05) is 46.4 Å². The minimum absolute atomic E-state index is 0.0320. The van der Waals surface area contributed by atoms with Crippen LogP contribution < -0.4 is 26.6 Å². The van der Waals surface area contributed by atoms with Crippen molar-refractivity contribution < 1.29 is 28.7 Å². The molecule has 0 unspecified atom stereocenters. The molecule has 0 bridgehead atoms. The smallest absolute Gasteiger partial charge is 0.406 e. The molecule has 220 valence electrons. The highest BCUT2D eigenvalue weighted by molar-refractivity contribution is 5.93. The van der Waals surface area contributed by atoms with Gasteiger partial charge in [-0.2, -0.15) is 0 Å². The Kier molecular flexibility index (Phi) is 22.3. The second-order valence-electron chi connectivity index (χ2n) is 9.24. The maximum absolute atomic E-state index is 12.7. The van der Waals surface area contributed by atoms with Crippen LogP contribution in [0.4, 0.5) is 14.4 Å². The highest BCUT2D eigenvalue weighted by Crippen LogP contribution is 2.04. The molecule has 0 saturated carbocycles. The van der Waals surface area contributed by atoms with Crippen LogP contribution in [0, 0.1) is 0 Å². The number of amides is 7. The lowest BCUT2D eigenvalue weighted by molar-refractivity contribution is -0.119. The van der Waals surface area contributed by atoms with Crippen LogP contribution in [-0.2, 0) is 14.3 Å². The molecule has 0 atom stereocenters. The number of methoxy groups -OCH3 is 1. The Morgan fingerprint density at radius 2 is 0.842 bits per heavy atom. The minimum atomic E-state index is -0.454. The molecule has 0 aromatic carbocycles. The third-order valence-corrected chi connectivity index (χ3v) is 5.76. The maximum atomic E-state index is 12.7. The SMILES string of the molecule is COC(=O)NCCCCCCN(C(=O)NCCCCCCNC(C)=O)C(=O)NCCCCCCNC(C)=O. The third kappa shape index (κ3) is 22.2. The number of urea groups is 2. The number of nitrogens with zero attached hydrogens (tertiary/aromatic N) is 1. The molecule has 0 aromatic rings. The van der Waals surface area contributed by atoms with Gasteiger partial charge in [0.1, 0.15) is 0 Å². The lowest BCUT2D eigenvalue weighted by Gasteiger charge is -2.22. The molecular weight excluding hydrogens is 492 g/mol. The lowest BCUT2D eigenvalue weighted by atomic mass is 10.2. The number of alkyl carbamates (subject to hydrolysis) is 1. The van der Waals surface area contributed by atoms with Crippen LogP contribution in [0.2, 0.25) is 0 Å². The van der Waals surface area contributed by atoms with Crippen LogP contribution in [0.15, 0.2) is 0 Å². The normalized spacial score (nSPS) is 10.3. The zero-order chi connectivity index (χ0) is 28.4. The van der Waals surface area contributed by atoms with Gasteiger partial charge in [0.15, 0.2) is 0 Å². The molecule has 0 heterocycles. The number of imide groups is 1. The molecule has 12 nitrogen and oxygen atoms in total. The van der Waals surface area contributed by atoms with Gasteiger partial charge in [0.05, 0.1) is 7.11 Å². The van der Waals surface area contributed by atoms with Crippen molar-refractivity contribution in [3.63, 3.8) is 0 Å². The van der Waals surface area contributed by atoms with Crippen molar-refractivity contribution >= 4 is 30.0 Å². The first-order valence-corrected chi connectivity index (χ1v) is 13.9. The van der Waals surface area contributed by atoms with Gasteiger partial charge in [-0.3, -0.25) is 9.59 Å². The quantitative estimate of drug-likeness (QED) is 0.140. The molecule has 0 aromatic heterocycles. The van der Waals surface area contributed by atoms with Crippen LogP contribution in [0.3, 0.4) is 0 Å². The van der Waals surface area contributed by atoms with E-state index in [9.17, 15) is 24.0 Å². The average molecular weight is 543 g/mol. The van der Waals surface area contributed by atoms with E-state index in [0.29, 0.717) is 45.7 Å². The van der Waals surface area contributed by atoms with E-state index < -0.39 is 18.2 Å². The maximum Gasteiger partial charge on any atom is 0.406 e. The summed E-state index contributed by atoms with van der Waals surface area (Å²) in [6, 6.07) is -0.799. The highest BCUT2D eigenvalue weighted by atomic mass is 16.5. The fourth-order valence-corrected chi connectivity index (χ4v) is 3.62. The monoisotopic (exact) mass is 542 g/mol. The molecule has 0 aliphatic rings. The molecule has 12 heteroatoms. The van der Waals surface area contributed by atoms with Crippen molar-refractivity contribution in [2.24, 2.45) is 0 Å². The topological polar surface area (TPSA) is 158 Å². The predicted molar refractivity (Wildman–Crippen MR) is 147 cm³/mol. The molecular formula is C26H50N6O6. The van der Waals surface area contributed by atoms with Crippen molar-refractivity contribution in [3.05, 3.63) is 0 Å². The molecule has 0 spiro atoms. The Hall–Kier alpha value is -3.05. The molecule has 0 aliphatic carbocycles. The summed E-state index contributed by atoms with van der Waals surface area (Å²) in [4.78, 5) is 59.6.